The van der Waals surface area contributed by atoms with Gasteiger partial charge in [0.25, 0.3) is 0 Å². The lowest BCUT2D eigenvalue weighted by atomic mass is 10.2. The van der Waals surface area contributed by atoms with Crippen LogP contribution in [-0.4, -0.2) is 17.2 Å². The van der Waals surface area contributed by atoms with Gasteiger partial charge in [0, 0.05) is 17.5 Å². The van der Waals surface area contributed by atoms with Gasteiger partial charge in [-0.3, -0.25) is 4.79 Å². The molecular formula is C12H12ClNO3. The van der Waals surface area contributed by atoms with E-state index in [-0.39, 0.29) is 12.5 Å². The van der Waals surface area contributed by atoms with E-state index in [1.165, 1.54) is 0 Å². The Hall–Kier alpha value is -1.73. The second kappa shape index (κ2) is 6.12. The van der Waals surface area contributed by atoms with E-state index in [9.17, 15) is 4.79 Å². The maximum Gasteiger partial charge on any atom is 0.303 e. The predicted molar refractivity (Wildman–Crippen MR) is 63.1 cm³/mol. The highest BCUT2D eigenvalue weighted by molar-refractivity contribution is 6.30. The molecule has 1 atom stereocenters. The Morgan fingerprint density at radius 3 is 2.94 bits per heavy atom. The summed E-state index contributed by atoms with van der Waals surface area (Å²) >= 11 is 5.80. The summed E-state index contributed by atoms with van der Waals surface area (Å²) in [6.45, 7) is 1.75. The number of rotatable bonds is 5. The molecule has 0 aromatic heterocycles. The van der Waals surface area contributed by atoms with Crippen molar-refractivity contribution in [3.63, 3.8) is 0 Å². The van der Waals surface area contributed by atoms with Crippen molar-refractivity contribution in [3.05, 3.63) is 28.8 Å². The Balaban J connectivity index is 2.70. The van der Waals surface area contributed by atoms with Gasteiger partial charge in [0.1, 0.15) is 11.8 Å². The van der Waals surface area contributed by atoms with Crippen molar-refractivity contribution in [1.29, 1.82) is 5.26 Å². The summed E-state index contributed by atoms with van der Waals surface area (Å²) in [5.74, 6) is -0.482. The van der Waals surface area contributed by atoms with E-state index >= 15 is 0 Å². The molecule has 0 spiro atoms. The first kappa shape index (κ1) is 13.3. The summed E-state index contributed by atoms with van der Waals surface area (Å²) in [5.41, 5.74) is 0.386. The van der Waals surface area contributed by atoms with Crippen LogP contribution in [0.25, 0.3) is 0 Å². The van der Waals surface area contributed by atoms with Crippen LogP contribution in [0.15, 0.2) is 18.2 Å². The van der Waals surface area contributed by atoms with Gasteiger partial charge in [-0.2, -0.15) is 5.26 Å². The molecule has 1 aromatic carbocycles. The van der Waals surface area contributed by atoms with E-state index < -0.39 is 5.97 Å². The number of nitrogens with zero attached hydrogens (tertiary/aromatic N) is 1. The van der Waals surface area contributed by atoms with Crippen LogP contribution in [0.3, 0.4) is 0 Å². The summed E-state index contributed by atoms with van der Waals surface area (Å²) in [5, 5.41) is 17.9. The highest BCUT2D eigenvalue weighted by Gasteiger charge is 2.10. The van der Waals surface area contributed by atoms with E-state index in [1.54, 1.807) is 25.1 Å². The van der Waals surface area contributed by atoms with Crippen molar-refractivity contribution in [3.8, 4) is 11.8 Å². The molecular weight excluding hydrogens is 242 g/mol. The number of benzene rings is 1. The smallest absolute Gasteiger partial charge is 0.303 e. The van der Waals surface area contributed by atoms with Crippen LogP contribution >= 0.6 is 11.6 Å². The van der Waals surface area contributed by atoms with Gasteiger partial charge in [-0.15, -0.1) is 0 Å². The fourth-order valence-corrected chi connectivity index (χ4v) is 1.45. The van der Waals surface area contributed by atoms with Crippen LogP contribution in [0.5, 0.6) is 5.75 Å². The minimum Gasteiger partial charge on any atom is -0.489 e. The number of hydrogen-bond donors (Lipinski definition) is 1. The molecule has 0 saturated heterocycles. The fraction of sp³-hybridized carbons (Fsp3) is 0.333. The molecule has 0 heterocycles. The van der Waals surface area contributed by atoms with Crippen molar-refractivity contribution in [2.75, 3.05) is 0 Å². The zero-order valence-electron chi connectivity index (χ0n) is 9.31. The molecule has 0 bridgehead atoms. The number of nitriles is 1. The van der Waals surface area contributed by atoms with Crippen molar-refractivity contribution in [2.24, 2.45) is 0 Å². The molecule has 0 aliphatic rings. The van der Waals surface area contributed by atoms with Crippen LogP contribution in [0.2, 0.25) is 5.02 Å². The highest BCUT2D eigenvalue weighted by atomic mass is 35.5. The van der Waals surface area contributed by atoms with Crippen LogP contribution < -0.4 is 4.74 Å². The second-order valence-corrected chi connectivity index (χ2v) is 4.05. The molecule has 5 heteroatoms. The molecule has 0 saturated carbocycles. The lowest BCUT2D eigenvalue weighted by Crippen LogP contribution is -2.14. The van der Waals surface area contributed by atoms with Gasteiger partial charge in [-0.1, -0.05) is 11.6 Å². The zero-order valence-corrected chi connectivity index (χ0v) is 10.1. The molecule has 0 aliphatic heterocycles. The molecule has 0 aliphatic carbocycles. The van der Waals surface area contributed by atoms with E-state index in [4.69, 9.17) is 26.7 Å². The van der Waals surface area contributed by atoms with Gasteiger partial charge in [0.2, 0.25) is 0 Å². The van der Waals surface area contributed by atoms with Crippen LogP contribution in [-0.2, 0) is 4.79 Å². The van der Waals surface area contributed by atoms with Crippen molar-refractivity contribution < 1.29 is 14.6 Å². The van der Waals surface area contributed by atoms with Crippen LogP contribution in [0.1, 0.15) is 25.3 Å². The molecule has 90 valence electrons. The predicted octanol–water partition coefficient (Wildman–Crippen LogP) is 2.84. The van der Waals surface area contributed by atoms with Crippen LogP contribution in [0.4, 0.5) is 0 Å². The average molecular weight is 254 g/mol. The number of aliphatic carboxylic acids is 1. The lowest BCUT2D eigenvalue weighted by Gasteiger charge is -2.14. The topological polar surface area (TPSA) is 70.3 Å². The second-order valence-electron chi connectivity index (χ2n) is 3.61. The van der Waals surface area contributed by atoms with Crippen molar-refractivity contribution >= 4 is 17.6 Å². The summed E-state index contributed by atoms with van der Waals surface area (Å²) in [6.07, 6.45) is 0.132. The first-order valence-electron chi connectivity index (χ1n) is 5.11. The Morgan fingerprint density at radius 1 is 1.65 bits per heavy atom. The molecule has 1 aromatic rings. The minimum absolute atomic E-state index is 0.0314. The van der Waals surface area contributed by atoms with Gasteiger partial charge < -0.3 is 9.84 Å². The molecule has 1 unspecified atom stereocenters. The van der Waals surface area contributed by atoms with E-state index in [0.717, 1.165) is 0 Å². The number of carbonyl (C=O) groups is 1. The lowest BCUT2D eigenvalue weighted by molar-refractivity contribution is -0.137. The Kier molecular flexibility index (Phi) is 4.80. The number of carboxylic acids is 1. The van der Waals surface area contributed by atoms with E-state index in [2.05, 4.69) is 0 Å². The molecule has 1 N–H and O–H groups in total. The van der Waals surface area contributed by atoms with Gasteiger partial charge in [0.15, 0.2) is 0 Å². The summed E-state index contributed by atoms with van der Waals surface area (Å²) in [7, 11) is 0. The molecule has 4 nitrogen and oxygen atoms in total. The summed E-state index contributed by atoms with van der Waals surface area (Å²) in [6, 6.07) is 6.72. The molecule has 17 heavy (non-hydrogen) atoms. The number of ether oxygens (including phenoxy) is 1. The Bertz CT molecular complexity index is 454. The average Bonchev–Trinajstić information content (AvgIpc) is 2.27. The third kappa shape index (κ3) is 4.33. The normalized spacial score (nSPS) is 11.6. The maximum atomic E-state index is 10.4. The number of hydrogen-bond acceptors (Lipinski definition) is 3. The standard InChI is InChI=1S/C12H12ClNO3/c1-8(2-5-12(15)16)17-11-6-10(13)4-3-9(11)7-14/h3-4,6,8H,2,5H2,1H3,(H,15,16). The highest BCUT2D eigenvalue weighted by Crippen LogP contribution is 2.24. The maximum absolute atomic E-state index is 10.4. The zero-order chi connectivity index (χ0) is 12.8. The van der Waals surface area contributed by atoms with Gasteiger partial charge in [0.05, 0.1) is 11.7 Å². The van der Waals surface area contributed by atoms with Gasteiger partial charge in [-0.05, 0) is 25.5 Å². The van der Waals surface area contributed by atoms with E-state index in [1.807, 2.05) is 6.07 Å². The van der Waals surface area contributed by atoms with Gasteiger partial charge >= 0.3 is 5.97 Å². The van der Waals surface area contributed by atoms with E-state index in [0.29, 0.717) is 22.8 Å². The first-order chi connectivity index (χ1) is 8.02. The number of halogens is 1. The van der Waals surface area contributed by atoms with Gasteiger partial charge in [-0.25, -0.2) is 0 Å². The largest absolute Gasteiger partial charge is 0.489 e. The molecule has 0 amide bonds. The first-order valence-corrected chi connectivity index (χ1v) is 5.49. The summed E-state index contributed by atoms with van der Waals surface area (Å²) in [4.78, 5) is 10.4. The SMILES string of the molecule is CC(CCC(=O)O)Oc1cc(Cl)ccc1C#N. The monoisotopic (exact) mass is 253 g/mol. The molecule has 0 fully saturated rings. The third-order valence-electron chi connectivity index (χ3n) is 2.16. The van der Waals surface area contributed by atoms with Crippen molar-refractivity contribution in [2.45, 2.75) is 25.9 Å². The summed E-state index contributed by atoms with van der Waals surface area (Å²) < 4.78 is 5.50. The third-order valence-corrected chi connectivity index (χ3v) is 2.39. The minimum atomic E-state index is -0.868. The fourth-order valence-electron chi connectivity index (χ4n) is 1.29. The Morgan fingerprint density at radius 2 is 2.35 bits per heavy atom. The molecule has 1 rings (SSSR count). The number of carboxylic acid groups (broad SMARTS) is 1. The van der Waals surface area contributed by atoms with Crippen molar-refractivity contribution in [1.82, 2.24) is 0 Å². The Labute approximate surface area is 104 Å². The molecule has 0 radical (unpaired) electrons. The quantitative estimate of drug-likeness (QED) is 0.876. The van der Waals surface area contributed by atoms with Crippen LogP contribution in [0, 0.1) is 11.3 Å².